The molecule has 1 aromatic carbocycles. The van der Waals surface area contributed by atoms with Crippen LogP contribution in [0.25, 0.3) is 10.9 Å². The van der Waals surface area contributed by atoms with Crippen LogP contribution in [0.1, 0.15) is 37.2 Å². The predicted molar refractivity (Wildman–Crippen MR) is 66.2 cm³/mol. The normalized spacial score (nSPS) is 10.6. The summed E-state index contributed by atoms with van der Waals surface area (Å²) in [4.78, 5) is 29.2. The van der Waals surface area contributed by atoms with Crippen LogP contribution in [0.5, 0.6) is 0 Å². The summed E-state index contributed by atoms with van der Waals surface area (Å²) in [6.45, 7) is 3.31. The van der Waals surface area contributed by atoms with Crippen molar-refractivity contribution >= 4 is 22.7 Å². The first-order chi connectivity index (χ1) is 8.63. The molecule has 2 aromatic rings. The second-order valence-corrected chi connectivity index (χ2v) is 4.01. The van der Waals surface area contributed by atoms with Gasteiger partial charge in [-0.2, -0.15) is 0 Å². The van der Waals surface area contributed by atoms with E-state index in [4.69, 9.17) is 4.84 Å². The zero-order valence-corrected chi connectivity index (χ0v) is 10.3. The van der Waals surface area contributed by atoms with Crippen LogP contribution in [0, 0.1) is 0 Å². The van der Waals surface area contributed by atoms with E-state index in [-0.39, 0.29) is 5.78 Å². The minimum Gasteiger partial charge on any atom is -0.319 e. The predicted octanol–water partition coefficient (Wildman–Crippen LogP) is 1.99. The molecule has 0 N–H and O–H groups in total. The molecule has 0 radical (unpaired) electrons. The van der Waals surface area contributed by atoms with Crippen molar-refractivity contribution in [3.05, 3.63) is 30.0 Å². The van der Waals surface area contributed by atoms with Gasteiger partial charge < -0.3 is 4.84 Å². The Morgan fingerprint density at radius 2 is 2.06 bits per heavy atom. The van der Waals surface area contributed by atoms with E-state index in [1.807, 2.05) is 19.1 Å². The molecule has 5 heteroatoms. The number of hydrogen-bond acceptors (Lipinski definition) is 4. The van der Waals surface area contributed by atoms with Gasteiger partial charge in [0.25, 0.3) is 0 Å². The quantitative estimate of drug-likeness (QED) is 0.774. The van der Waals surface area contributed by atoms with Crippen LogP contribution in [0.2, 0.25) is 0 Å². The molecule has 2 rings (SSSR count). The molecule has 0 fully saturated rings. The Labute approximate surface area is 104 Å². The van der Waals surface area contributed by atoms with E-state index in [1.54, 1.807) is 12.1 Å². The summed E-state index contributed by atoms with van der Waals surface area (Å²) >= 11 is 0. The second kappa shape index (κ2) is 5.00. The van der Waals surface area contributed by atoms with Crippen LogP contribution >= 0.6 is 0 Å². The van der Waals surface area contributed by atoms with Crippen molar-refractivity contribution in [3.8, 4) is 0 Å². The van der Waals surface area contributed by atoms with Gasteiger partial charge in [0.15, 0.2) is 11.5 Å². The van der Waals surface area contributed by atoms with Gasteiger partial charge in [0.05, 0.1) is 5.52 Å². The number of aromatic nitrogens is 2. The van der Waals surface area contributed by atoms with Crippen molar-refractivity contribution in [1.29, 1.82) is 0 Å². The van der Waals surface area contributed by atoms with Gasteiger partial charge in [-0.15, -0.1) is 5.10 Å². The Morgan fingerprint density at radius 3 is 2.72 bits per heavy atom. The molecular formula is C13H14N2O3. The molecule has 0 atom stereocenters. The molecule has 0 saturated carbocycles. The zero-order valence-electron chi connectivity index (χ0n) is 10.3. The lowest BCUT2D eigenvalue weighted by molar-refractivity contribution is -0.145. The minimum atomic E-state index is -0.396. The van der Waals surface area contributed by atoms with Crippen LogP contribution < -0.4 is 4.84 Å². The van der Waals surface area contributed by atoms with E-state index in [1.165, 1.54) is 6.92 Å². The van der Waals surface area contributed by atoms with Crippen molar-refractivity contribution < 1.29 is 14.4 Å². The summed E-state index contributed by atoms with van der Waals surface area (Å²) in [5.74, 6) is -0.583. The van der Waals surface area contributed by atoms with E-state index in [9.17, 15) is 9.59 Å². The van der Waals surface area contributed by atoms with E-state index in [0.29, 0.717) is 29.4 Å². The molecule has 0 aliphatic rings. The number of hydrogen-bond donors (Lipinski definition) is 0. The SMILES string of the molecule is CCCC(=O)On1nc2ccccc2c1C(C)=O. The highest BCUT2D eigenvalue weighted by atomic mass is 16.7. The first-order valence-electron chi connectivity index (χ1n) is 5.83. The van der Waals surface area contributed by atoms with Gasteiger partial charge in [0.2, 0.25) is 0 Å². The summed E-state index contributed by atoms with van der Waals surface area (Å²) < 4.78 is 0. The van der Waals surface area contributed by atoms with Crippen LogP contribution in [-0.4, -0.2) is 21.7 Å². The Kier molecular flexibility index (Phi) is 3.41. The molecule has 94 valence electrons. The third-order valence-corrected chi connectivity index (χ3v) is 2.52. The van der Waals surface area contributed by atoms with Gasteiger partial charge in [-0.1, -0.05) is 30.0 Å². The van der Waals surface area contributed by atoms with Gasteiger partial charge in [-0.05, 0) is 12.5 Å². The fourth-order valence-corrected chi connectivity index (χ4v) is 1.75. The van der Waals surface area contributed by atoms with Crippen molar-refractivity contribution in [2.24, 2.45) is 0 Å². The van der Waals surface area contributed by atoms with Crippen molar-refractivity contribution in [3.63, 3.8) is 0 Å². The summed E-state index contributed by atoms with van der Waals surface area (Å²) in [5, 5.41) is 4.80. The van der Waals surface area contributed by atoms with Gasteiger partial charge in [-0.3, -0.25) is 4.79 Å². The Balaban J connectivity index is 2.46. The van der Waals surface area contributed by atoms with Gasteiger partial charge in [0, 0.05) is 18.7 Å². The minimum absolute atomic E-state index is 0.187. The van der Waals surface area contributed by atoms with Crippen LogP contribution in [0.4, 0.5) is 0 Å². The summed E-state index contributed by atoms with van der Waals surface area (Å²) in [6, 6.07) is 7.18. The fourth-order valence-electron chi connectivity index (χ4n) is 1.75. The molecule has 0 spiro atoms. The Hall–Kier alpha value is -2.17. The number of ketones is 1. The number of carbonyl (C=O) groups is 2. The maximum absolute atomic E-state index is 11.6. The van der Waals surface area contributed by atoms with Crippen LogP contribution in [0.3, 0.4) is 0 Å². The number of benzene rings is 1. The molecular weight excluding hydrogens is 232 g/mol. The molecule has 18 heavy (non-hydrogen) atoms. The fraction of sp³-hybridized carbons (Fsp3) is 0.308. The van der Waals surface area contributed by atoms with E-state index in [2.05, 4.69) is 5.10 Å². The maximum atomic E-state index is 11.6. The molecule has 1 aromatic heterocycles. The van der Waals surface area contributed by atoms with Gasteiger partial charge in [0.1, 0.15) is 0 Å². The van der Waals surface area contributed by atoms with Gasteiger partial charge >= 0.3 is 5.97 Å². The van der Waals surface area contributed by atoms with E-state index < -0.39 is 5.97 Å². The monoisotopic (exact) mass is 246 g/mol. The number of nitrogens with zero attached hydrogens (tertiary/aromatic N) is 2. The van der Waals surface area contributed by atoms with Crippen molar-refractivity contribution in [2.45, 2.75) is 26.7 Å². The van der Waals surface area contributed by atoms with Gasteiger partial charge in [-0.25, -0.2) is 4.79 Å². The van der Waals surface area contributed by atoms with E-state index >= 15 is 0 Å². The standard InChI is InChI=1S/C13H14N2O3/c1-3-6-12(17)18-15-13(9(2)16)10-7-4-5-8-11(10)14-15/h4-5,7-8H,3,6H2,1-2H3. The van der Waals surface area contributed by atoms with Crippen molar-refractivity contribution in [1.82, 2.24) is 9.94 Å². The van der Waals surface area contributed by atoms with E-state index in [0.717, 1.165) is 4.85 Å². The number of fused-ring (bicyclic) bond motifs is 1. The first kappa shape index (κ1) is 12.3. The third-order valence-electron chi connectivity index (χ3n) is 2.52. The Bertz CT molecular complexity index is 601. The lowest BCUT2D eigenvalue weighted by atomic mass is 10.2. The average Bonchev–Trinajstić information content (AvgIpc) is 2.66. The lowest BCUT2D eigenvalue weighted by Crippen LogP contribution is -2.23. The third kappa shape index (κ3) is 2.25. The highest BCUT2D eigenvalue weighted by Crippen LogP contribution is 2.17. The first-order valence-corrected chi connectivity index (χ1v) is 5.83. The summed E-state index contributed by atoms with van der Waals surface area (Å²) in [7, 11) is 0. The zero-order chi connectivity index (χ0) is 13.1. The number of rotatable bonds is 4. The lowest BCUT2D eigenvalue weighted by Gasteiger charge is -2.04. The molecule has 0 aliphatic carbocycles. The van der Waals surface area contributed by atoms with Crippen LogP contribution in [0.15, 0.2) is 24.3 Å². The molecule has 0 aliphatic heterocycles. The summed E-state index contributed by atoms with van der Waals surface area (Å²) in [6.07, 6.45) is 0.989. The highest BCUT2D eigenvalue weighted by Gasteiger charge is 2.17. The topological polar surface area (TPSA) is 61.2 Å². The molecule has 5 nitrogen and oxygen atoms in total. The number of carbonyl (C=O) groups excluding carboxylic acids is 2. The Morgan fingerprint density at radius 1 is 1.33 bits per heavy atom. The maximum Gasteiger partial charge on any atom is 0.334 e. The molecule has 0 amide bonds. The summed E-state index contributed by atoms with van der Waals surface area (Å²) in [5.41, 5.74) is 0.932. The average molecular weight is 246 g/mol. The molecule has 1 heterocycles. The second-order valence-electron chi connectivity index (χ2n) is 4.01. The largest absolute Gasteiger partial charge is 0.334 e. The van der Waals surface area contributed by atoms with Crippen molar-refractivity contribution in [2.75, 3.05) is 0 Å². The molecule has 0 bridgehead atoms. The molecule has 0 unspecified atom stereocenters. The highest BCUT2D eigenvalue weighted by molar-refractivity contribution is 6.04. The number of Topliss-reactive ketones (excluding diaryl/α,β-unsaturated/α-hetero) is 1. The smallest absolute Gasteiger partial charge is 0.319 e. The van der Waals surface area contributed by atoms with Crippen LogP contribution in [-0.2, 0) is 4.79 Å². The molecule has 0 saturated heterocycles.